The molecule has 1 N–H and O–H groups in total. The zero-order valence-corrected chi connectivity index (χ0v) is 20.4. The van der Waals surface area contributed by atoms with Crippen LogP contribution in [0.2, 0.25) is 5.02 Å². The number of likely N-dealkylation sites (tertiary alicyclic amines) is 1. The number of carbonyl (C=O) groups is 3. The molecular weight excluding hydrogens is 484 g/mol. The lowest BCUT2D eigenvalue weighted by Crippen LogP contribution is -2.29. The van der Waals surface area contributed by atoms with E-state index >= 15 is 0 Å². The molecule has 0 saturated carbocycles. The third kappa shape index (κ3) is 4.81. The first-order chi connectivity index (χ1) is 17.3. The van der Waals surface area contributed by atoms with E-state index in [0.29, 0.717) is 29.0 Å². The molecule has 1 aliphatic heterocycles. The van der Waals surface area contributed by atoms with Gasteiger partial charge in [0.15, 0.2) is 0 Å². The van der Waals surface area contributed by atoms with Crippen LogP contribution in [0.5, 0.6) is 5.75 Å². The number of esters is 1. The molecule has 36 heavy (non-hydrogen) atoms. The molecule has 0 spiro atoms. The smallest absolute Gasteiger partial charge is 0.337 e. The molecule has 1 atom stereocenters. The van der Waals surface area contributed by atoms with Crippen molar-refractivity contribution < 1.29 is 29.0 Å². The molecular formula is C27H23ClN2O6. The molecule has 1 aromatic heterocycles. The highest BCUT2D eigenvalue weighted by Crippen LogP contribution is 2.41. The Balaban J connectivity index is 1.83. The van der Waals surface area contributed by atoms with E-state index in [1.54, 1.807) is 60.9 Å². The van der Waals surface area contributed by atoms with Crippen molar-refractivity contribution in [1.82, 2.24) is 9.88 Å². The topological polar surface area (TPSA) is 106 Å². The fraction of sp³-hybridized carbons (Fsp3) is 0.185. The fourth-order valence-electron chi connectivity index (χ4n) is 4.07. The van der Waals surface area contributed by atoms with Crippen LogP contribution in [0.25, 0.3) is 5.76 Å². The Morgan fingerprint density at radius 2 is 1.83 bits per heavy atom. The molecule has 8 nitrogen and oxygen atoms in total. The van der Waals surface area contributed by atoms with Crippen LogP contribution in [-0.4, -0.2) is 46.4 Å². The summed E-state index contributed by atoms with van der Waals surface area (Å²) in [5, 5.41) is 11.5. The van der Waals surface area contributed by atoms with Crippen molar-refractivity contribution in [2.24, 2.45) is 0 Å². The summed E-state index contributed by atoms with van der Waals surface area (Å²) < 4.78 is 10.2. The number of methoxy groups -OCH3 is 1. The molecule has 1 saturated heterocycles. The van der Waals surface area contributed by atoms with Gasteiger partial charge >= 0.3 is 5.97 Å². The molecule has 1 fully saturated rings. The number of hydrogen-bond acceptors (Lipinski definition) is 7. The fourth-order valence-corrected chi connectivity index (χ4v) is 4.31. The Labute approximate surface area is 212 Å². The molecule has 4 rings (SSSR count). The van der Waals surface area contributed by atoms with Gasteiger partial charge in [-0.1, -0.05) is 29.8 Å². The highest BCUT2D eigenvalue weighted by Gasteiger charge is 2.46. The summed E-state index contributed by atoms with van der Waals surface area (Å²) in [7, 11) is 1.28. The van der Waals surface area contributed by atoms with Crippen LogP contribution in [0.15, 0.2) is 72.6 Å². The first-order valence-corrected chi connectivity index (χ1v) is 11.5. The number of aliphatic hydroxyl groups excluding tert-OH is 1. The van der Waals surface area contributed by atoms with Crippen molar-refractivity contribution in [3.8, 4) is 5.75 Å². The maximum absolute atomic E-state index is 13.2. The second-order valence-corrected chi connectivity index (χ2v) is 8.39. The molecule has 0 bridgehead atoms. The number of amides is 1. The van der Waals surface area contributed by atoms with Gasteiger partial charge in [0.05, 0.1) is 35.9 Å². The molecule has 0 radical (unpaired) electrons. The van der Waals surface area contributed by atoms with Gasteiger partial charge < -0.3 is 19.5 Å². The molecule has 1 aliphatic rings. The predicted octanol–water partition coefficient (Wildman–Crippen LogP) is 4.54. The zero-order valence-electron chi connectivity index (χ0n) is 19.6. The average Bonchev–Trinajstić information content (AvgIpc) is 3.14. The number of halogens is 1. The van der Waals surface area contributed by atoms with Gasteiger partial charge in [0.1, 0.15) is 11.5 Å². The molecule has 1 amide bonds. The van der Waals surface area contributed by atoms with Crippen LogP contribution in [0.4, 0.5) is 0 Å². The SMILES string of the molecule is CCOc1ccc(C(O)=C2C(=O)C(=O)N(Cc3cccnc3)[C@@H]2c2ccc(C(=O)OC)cc2)cc1Cl. The van der Waals surface area contributed by atoms with Crippen LogP contribution in [0, 0.1) is 0 Å². The summed E-state index contributed by atoms with van der Waals surface area (Å²) in [5.74, 6) is -2.05. The minimum absolute atomic E-state index is 0.0860. The third-order valence-corrected chi connectivity index (χ3v) is 6.06. The second-order valence-electron chi connectivity index (χ2n) is 7.98. The van der Waals surface area contributed by atoms with Crippen LogP contribution < -0.4 is 4.74 Å². The lowest BCUT2D eigenvalue weighted by atomic mass is 9.94. The quantitative estimate of drug-likeness (QED) is 0.217. The van der Waals surface area contributed by atoms with Crippen molar-refractivity contribution in [2.75, 3.05) is 13.7 Å². The van der Waals surface area contributed by atoms with E-state index < -0.39 is 23.7 Å². The molecule has 2 aromatic carbocycles. The van der Waals surface area contributed by atoms with Gasteiger partial charge in [-0.05, 0) is 54.4 Å². The number of benzene rings is 2. The van der Waals surface area contributed by atoms with Crippen LogP contribution >= 0.6 is 11.6 Å². The number of rotatable bonds is 7. The number of nitrogens with zero attached hydrogens (tertiary/aromatic N) is 2. The van der Waals surface area contributed by atoms with Crippen molar-refractivity contribution in [2.45, 2.75) is 19.5 Å². The monoisotopic (exact) mass is 506 g/mol. The van der Waals surface area contributed by atoms with Gasteiger partial charge in [0.2, 0.25) is 0 Å². The van der Waals surface area contributed by atoms with Gasteiger partial charge in [0, 0.05) is 24.5 Å². The van der Waals surface area contributed by atoms with Gasteiger partial charge in [-0.3, -0.25) is 14.6 Å². The van der Waals surface area contributed by atoms with E-state index in [1.165, 1.54) is 18.1 Å². The summed E-state index contributed by atoms with van der Waals surface area (Å²) in [6, 6.07) is 13.6. The first kappa shape index (κ1) is 24.9. The molecule has 3 aromatic rings. The largest absolute Gasteiger partial charge is 0.507 e. The van der Waals surface area contributed by atoms with E-state index in [9.17, 15) is 19.5 Å². The minimum atomic E-state index is -0.915. The number of aliphatic hydroxyl groups is 1. The van der Waals surface area contributed by atoms with E-state index in [-0.39, 0.29) is 28.5 Å². The maximum Gasteiger partial charge on any atom is 0.337 e. The molecule has 2 heterocycles. The second kappa shape index (κ2) is 10.6. The van der Waals surface area contributed by atoms with Crippen molar-refractivity contribution in [3.05, 3.63) is 99.8 Å². The molecule has 0 aliphatic carbocycles. The number of carbonyl (C=O) groups excluding carboxylic acids is 3. The number of ether oxygens (including phenoxy) is 2. The normalized spacial score (nSPS) is 16.8. The van der Waals surface area contributed by atoms with Gasteiger partial charge in [0.25, 0.3) is 11.7 Å². The number of aromatic nitrogens is 1. The lowest BCUT2D eigenvalue weighted by molar-refractivity contribution is -0.140. The van der Waals surface area contributed by atoms with Crippen molar-refractivity contribution in [1.29, 1.82) is 0 Å². The first-order valence-electron chi connectivity index (χ1n) is 11.1. The van der Waals surface area contributed by atoms with Gasteiger partial charge in [-0.15, -0.1) is 0 Å². The van der Waals surface area contributed by atoms with Crippen LogP contribution in [-0.2, 0) is 20.9 Å². The Morgan fingerprint density at radius 3 is 2.44 bits per heavy atom. The molecule has 184 valence electrons. The summed E-state index contributed by atoms with van der Waals surface area (Å²) in [6.07, 6.45) is 3.21. The van der Waals surface area contributed by atoms with Crippen molar-refractivity contribution >= 4 is 35.0 Å². The average molecular weight is 507 g/mol. The maximum atomic E-state index is 13.2. The molecule has 9 heteroatoms. The molecule has 0 unspecified atom stereocenters. The number of hydrogen-bond donors (Lipinski definition) is 1. The minimum Gasteiger partial charge on any atom is -0.507 e. The number of pyridine rings is 1. The van der Waals surface area contributed by atoms with E-state index in [1.807, 2.05) is 6.92 Å². The zero-order chi connectivity index (χ0) is 25.8. The van der Waals surface area contributed by atoms with Crippen LogP contribution in [0.1, 0.15) is 40.0 Å². The standard InChI is InChI=1S/C27H23ClN2O6/c1-3-36-21-11-10-19(13-20(21)28)24(31)22-23(17-6-8-18(9-7-17)27(34)35-2)30(26(33)25(22)32)15-16-5-4-12-29-14-16/h4-14,23,31H,3,15H2,1-2H3/t23-/m1/s1. The number of ketones is 1. The highest BCUT2D eigenvalue weighted by molar-refractivity contribution is 6.46. The van der Waals surface area contributed by atoms with Gasteiger partial charge in [-0.2, -0.15) is 0 Å². The summed E-state index contributed by atoms with van der Waals surface area (Å²) >= 11 is 6.30. The van der Waals surface area contributed by atoms with Crippen molar-refractivity contribution in [3.63, 3.8) is 0 Å². The Hall–Kier alpha value is -4.17. The summed E-state index contributed by atoms with van der Waals surface area (Å²) in [6.45, 7) is 2.31. The Kier molecular flexibility index (Phi) is 7.36. The predicted molar refractivity (Wildman–Crippen MR) is 132 cm³/mol. The highest BCUT2D eigenvalue weighted by atomic mass is 35.5. The Bertz CT molecular complexity index is 1340. The van der Waals surface area contributed by atoms with Gasteiger partial charge in [-0.25, -0.2) is 4.79 Å². The van der Waals surface area contributed by atoms with E-state index in [4.69, 9.17) is 21.1 Å². The summed E-state index contributed by atoms with van der Waals surface area (Å²) in [4.78, 5) is 43.7. The van der Waals surface area contributed by atoms with E-state index in [0.717, 1.165) is 0 Å². The van der Waals surface area contributed by atoms with E-state index in [2.05, 4.69) is 4.98 Å². The third-order valence-electron chi connectivity index (χ3n) is 5.77. The number of Topliss-reactive ketones (excluding diaryl/α,β-unsaturated/α-hetero) is 1. The Morgan fingerprint density at radius 1 is 1.11 bits per heavy atom. The lowest BCUT2D eigenvalue weighted by Gasteiger charge is -2.25. The summed E-state index contributed by atoms with van der Waals surface area (Å²) in [5.41, 5.74) is 1.72. The van der Waals surface area contributed by atoms with Crippen LogP contribution in [0.3, 0.4) is 0 Å².